The van der Waals surface area contributed by atoms with Crippen molar-refractivity contribution in [2.24, 2.45) is 0 Å². The molecule has 1 aromatic carbocycles. The maximum Gasteiger partial charge on any atom is 0.229 e. The summed E-state index contributed by atoms with van der Waals surface area (Å²) in [6.45, 7) is 6.43. The number of rotatable bonds is 7. The van der Waals surface area contributed by atoms with Gasteiger partial charge < -0.3 is 19.8 Å². The van der Waals surface area contributed by atoms with E-state index in [4.69, 9.17) is 19.1 Å². The van der Waals surface area contributed by atoms with E-state index >= 15 is 0 Å². The van der Waals surface area contributed by atoms with Gasteiger partial charge in [-0.15, -0.1) is 0 Å². The summed E-state index contributed by atoms with van der Waals surface area (Å²) in [5.74, 6) is 2.35. The molecule has 2 N–H and O–H groups in total. The van der Waals surface area contributed by atoms with Crippen LogP contribution in [0.3, 0.4) is 0 Å². The van der Waals surface area contributed by atoms with Crippen LogP contribution in [0.4, 0.5) is 11.9 Å². The lowest BCUT2D eigenvalue weighted by atomic mass is 10.1. The minimum absolute atomic E-state index is 0.313. The predicted molar refractivity (Wildman–Crippen MR) is 122 cm³/mol. The fraction of sp³-hybridized carbons (Fsp3) is 0.391. The molecule has 3 aromatic heterocycles. The summed E-state index contributed by atoms with van der Waals surface area (Å²) >= 11 is 0. The number of fused-ring (bicyclic) bond motifs is 1. The first-order chi connectivity index (χ1) is 15.7. The number of oxazole rings is 1. The Kier molecular flexibility index (Phi) is 5.72. The maximum atomic E-state index is 5.47. The highest BCUT2D eigenvalue weighted by atomic mass is 16.5. The summed E-state index contributed by atoms with van der Waals surface area (Å²) in [7, 11) is 0. The van der Waals surface area contributed by atoms with Gasteiger partial charge in [0.1, 0.15) is 0 Å². The van der Waals surface area contributed by atoms with E-state index in [9.17, 15) is 0 Å². The fourth-order valence-electron chi connectivity index (χ4n) is 3.83. The molecule has 0 saturated carbocycles. The fourth-order valence-corrected chi connectivity index (χ4v) is 3.83. The first-order valence-corrected chi connectivity index (χ1v) is 11.0. The molecule has 5 rings (SSSR count). The van der Waals surface area contributed by atoms with Crippen LogP contribution < -0.4 is 10.6 Å². The van der Waals surface area contributed by atoms with Gasteiger partial charge in [0.25, 0.3) is 0 Å². The summed E-state index contributed by atoms with van der Waals surface area (Å²) in [4.78, 5) is 13.5. The van der Waals surface area contributed by atoms with E-state index in [1.807, 2.05) is 18.3 Å². The number of ether oxygens (including phenoxy) is 1. The number of benzene rings is 1. The first kappa shape index (κ1) is 20.4. The number of aromatic nitrogens is 5. The van der Waals surface area contributed by atoms with Crippen LogP contribution in [0.25, 0.3) is 17.0 Å². The van der Waals surface area contributed by atoms with Gasteiger partial charge in [-0.3, -0.25) is 0 Å². The zero-order chi connectivity index (χ0) is 21.9. The molecule has 1 aliphatic rings. The second-order valence-corrected chi connectivity index (χ2v) is 8.31. The van der Waals surface area contributed by atoms with Crippen LogP contribution in [-0.4, -0.2) is 43.8 Å². The van der Waals surface area contributed by atoms with Crippen molar-refractivity contribution in [2.75, 3.05) is 23.8 Å². The highest BCUT2D eigenvalue weighted by molar-refractivity contribution is 5.57. The van der Waals surface area contributed by atoms with E-state index < -0.39 is 0 Å². The van der Waals surface area contributed by atoms with Crippen molar-refractivity contribution in [3.8, 4) is 11.3 Å². The van der Waals surface area contributed by atoms with Gasteiger partial charge in [0, 0.05) is 36.9 Å². The monoisotopic (exact) mass is 433 g/mol. The van der Waals surface area contributed by atoms with Gasteiger partial charge in [-0.25, -0.2) is 4.98 Å². The molecule has 0 bridgehead atoms. The lowest BCUT2D eigenvalue weighted by Gasteiger charge is -2.23. The van der Waals surface area contributed by atoms with Gasteiger partial charge in [-0.1, -0.05) is 38.1 Å². The molecule has 0 aliphatic carbocycles. The van der Waals surface area contributed by atoms with Gasteiger partial charge in [0.2, 0.25) is 11.9 Å². The zero-order valence-corrected chi connectivity index (χ0v) is 18.3. The molecule has 4 heterocycles. The number of hydrogen-bond acceptors (Lipinski definition) is 8. The summed E-state index contributed by atoms with van der Waals surface area (Å²) in [5.41, 5.74) is 4.04. The Morgan fingerprint density at radius 3 is 2.62 bits per heavy atom. The molecule has 0 unspecified atom stereocenters. The van der Waals surface area contributed by atoms with E-state index in [0.717, 1.165) is 54.2 Å². The lowest BCUT2D eigenvalue weighted by molar-refractivity contribution is 0.0903. The minimum atomic E-state index is 0.313. The third-order valence-electron chi connectivity index (χ3n) is 5.69. The van der Waals surface area contributed by atoms with Crippen molar-refractivity contribution >= 4 is 17.5 Å². The van der Waals surface area contributed by atoms with Crippen LogP contribution in [0.1, 0.15) is 43.7 Å². The lowest BCUT2D eigenvalue weighted by Crippen LogP contribution is -2.29. The zero-order valence-electron chi connectivity index (χ0n) is 18.3. The minimum Gasteiger partial charge on any atom is -0.444 e. The SMILES string of the molecule is CC(C)c1cnn2c(NCc3ccc(-c4cnco4)cc3)nc(NC3CCOCC3)nc12. The van der Waals surface area contributed by atoms with Crippen LogP contribution in [0.15, 0.2) is 47.5 Å². The third-order valence-corrected chi connectivity index (χ3v) is 5.69. The topological polar surface area (TPSA) is 102 Å². The van der Waals surface area contributed by atoms with E-state index in [1.54, 1.807) is 10.7 Å². The Balaban J connectivity index is 1.39. The average Bonchev–Trinajstić information content (AvgIpc) is 3.49. The summed E-state index contributed by atoms with van der Waals surface area (Å²) < 4.78 is 12.6. The van der Waals surface area contributed by atoms with Gasteiger partial charge in [-0.05, 0) is 24.3 Å². The van der Waals surface area contributed by atoms with Crippen LogP contribution in [0.5, 0.6) is 0 Å². The molecule has 0 atom stereocenters. The molecule has 4 aromatic rings. The molecule has 9 nitrogen and oxygen atoms in total. The molecule has 1 saturated heterocycles. The second kappa shape index (κ2) is 8.96. The molecule has 1 aliphatic heterocycles. The molecule has 32 heavy (non-hydrogen) atoms. The predicted octanol–water partition coefficient (Wildman–Crippen LogP) is 4.11. The standard InChI is InChI=1S/C23H27N7O2/c1-15(2)19-12-26-30-21(19)28-22(27-18-7-9-31-10-8-18)29-23(30)25-11-16-3-5-17(6-4-16)20-13-24-14-32-20/h3-6,12-15,18H,7-11H2,1-2H3,(H2,25,27,28,29). The number of nitrogens with zero attached hydrogens (tertiary/aromatic N) is 5. The number of anilines is 2. The summed E-state index contributed by atoms with van der Waals surface area (Å²) in [6.07, 6.45) is 6.93. The van der Waals surface area contributed by atoms with Gasteiger partial charge >= 0.3 is 0 Å². The Labute approximate surface area is 186 Å². The molecular weight excluding hydrogens is 406 g/mol. The van der Waals surface area contributed by atoms with E-state index in [0.29, 0.717) is 30.4 Å². The van der Waals surface area contributed by atoms with Gasteiger partial charge in [0.15, 0.2) is 17.8 Å². The van der Waals surface area contributed by atoms with Crippen molar-refractivity contribution in [3.05, 3.63) is 54.2 Å². The summed E-state index contributed by atoms with van der Waals surface area (Å²) in [5, 5.41) is 11.5. The van der Waals surface area contributed by atoms with Crippen molar-refractivity contribution in [1.82, 2.24) is 24.6 Å². The highest BCUT2D eigenvalue weighted by Gasteiger charge is 2.19. The Morgan fingerprint density at radius 2 is 1.91 bits per heavy atom. The molecule has 0 spiro atoms. The van der Waals surface area contributed by atoms with Gasteiger partial charge in [-0.2, -0.15) is 19.6 Å². The Hall–Kier alpha value is -3.46. The highest BCUT2D eigenvalue weighted by Crippen LogP contribution is 2.24. The van der Waals surface area contributed by atoms with Crippen molar-refractivity contribution < 1.29 is 9.15 Å². The van der Waals surface area contributed by atoms with Crippen LogP contribution in [-0.2, 0) is 11.3 Å². The summed E-state index contributed by atoms with van der Waals surface area (Å²) in [6, 6.07) is 8.49. The molecular formula is C23H27N7O2. The third kappa shape index (κ3) is 4.29. The van der Waals surface area contributed by atoms with Gasteiger partial charge in [0.05, 0.1) is 12.4 Å². The van der Waals surface area contributed by atoms with E-state index in [2.05, 4.69) is 46.7 Å². The second-order valence-electron chi connectivity index (χ2n) is 8.31. The van der Waals surface area contributed by atoms with Crippen LogP contribution in [0, 0.1) is 0 Å². The molecule has 0 radical (unpaired) electrons. The van der Waals surface area contributed by atoms with Crippen molar-refractivity contribution in [3.63, 3.8) is 0 Å². The number of hydrogen-bond donors (Lipinski definition) is 2. The molecule has 9 heteroatoms. The molecule has 166 valence electrons. The van der Waals surface area contributed by atoms with Crippen molar-refractivity contribution in [2.45, 2.75) is 45.2 Å². The Morgan fingerprint density at radius 1 is 1.09 bits per heavy atom. The quantitative estimate of drug-likeness (QED) is 0.449. The van der Waals surface area contributed by atoms with E-state index in [1.165, 1.54) is 6.39 Å². The largest absolute Gasteiger partial charge is 0.444 e. The normalized spacial score (nSPS) is 14.8. The van der Waals surface area contributed by atoms with E-state index in [-0.39, 0.29) is 0 Å². The van der Waals surface area contributed by atoms with Crippen LogP contribution in [0.2, 0.25) is 0 Å². The Bertz CT molecular complexity index is 1160. The smallest absolute Gasteiger partial charge is 0.229 e. The maximum absolute atomic E-state index is 5.47. The van der Waals surface area contributed by atoms with Crippen molar-refractivity contribution in [1.29, 1.82) is 0 Å². The van der Waals surface area contributed by atoms with Crippen LogP contribution >= 0.6 is 0 Å². The molecule has 1 fully saturated rings. The average molecular weight is 434 g/mol. The molecule has 0 amide bonds. The number of nitrogens with one attached hydrogen (secondary N) is 2. The first-order valence-electron chi connectivity index (χ1n) is 11.0.